The molecule has 1 unspecified atom stereocenters. The molecule has 2 aromatic heterocycles. The van der Waals surface area contributed by atoms with Crippen molar-refractivity contribution in [1.82, 2.24) is 10.3 Å². The summed E-state index contributed by atoms with van der Waals surface area (Å²) in [4.78, 5) is 16.6. The Morgan fingerprint density at radius 1 is 1.15 bits per heavy atom. The van der Waals surface area contributed by atoms with E-state index in [-0.39, 0.29) is 16.7 Å². The third-order valence-electron chi connectivity index (χ3n) is 4.42. The monoisotopic (exact) mass is 400 g/mol. The minimum atomic E-state index is -3.64. The fourth-order valence-corrected chi connectivity index (χ4v) is 5.56. The summed E-state index contributed by atoms with van der Waals surface area (Å²) in [6.45, 7) is 3.88. The lowest BCUT2D eigenvalue weighted by atomic mass is 10.1. The molecule has 1 atom stereocenters. The highest BCUT2D eigenvalue weighted by Gasteiger charge is 2.30. The molecule has 7 heteroatoms. The van der Waals surface area contributed by atoms with Crippen LogP contribution in [0.4, 0.5) is 0 Å². The molecule has 0 fully saturated rings. The number of nitrogens with zero attached hydrogens (tertiary/aromatic N) is 1. The van der Waals surface area contributed by atoms with Gasteiger partial charge in [-0.2, -0.15) is 0 Å². The molecule has 2 heterocycles. The van der Waals surface area contributed by atoms with Crippen molar-refractivity contribution in [3.63, 3.8) is 0 Å². The van der Waals surface area contributed by atoms with Gasteiger partial charge in [0, 0.05) is 24.5 Å². The van der Waals surface area contributed by atoms with Crippen LogP contribution in [-0.4, -0.2) is 25.9 Å². The molecule has 0 saturated heterocycles. The van der Waals surface area contributed by atoms with E-state index in [1.54, 1.807) is 48.0 Å². The first-order valence-corrected chi connectivity index (χ1v) is 10.8. The molecule has 3 rings (SSSR count). The predicted molar refractivity (Wildman–Crippen MR) is 107 cm³/mol. The fraction of sp³-hybridized carbons (Fsp3) is 0.200. The van der Waals surface area contributed by atoms with Crippen molar-refractivity contribution in [1.29, 1.82) is 0 Å². The lowest BCUT2D eigenvalue weighted by Gasteiger charge is -2.18. The smallest absolute Gasteiger partial charge is 0.251 e. The second kappa shape index (κ2) is 8.02. The summed E-state index contributed by atoms with van der Waals surface area (Å²) < 4.78 is 26.4. The largest absolute Gasteiger partial charge is 0.350 e. The van der Waals surface area contributed by atoms with Crippen molar-refractivity contribution in [3.8, 4) is 0 Å². The van der Waals surface area contributed by atoms with E-state index in [9.17, 15) is 13.2 Å². The summed E-state index contributed by atoms with van der Waals surface area (Å²) in [5.41, 5.74) is 3.17. The first-order valence-electron chi connectivity index (χ1n) is 8.42. The van der Waals surface area contributed by atoms with E-state index in [4.69, 9.17) is 0 Å². The fourth-order valence-electron chi connectivity index (χ4n) is 2.71. The average Bonchev–Trinajstić information content (AvgIpc) is 3.20. The third kappa shape index (κ3) is 4.26. The molecule has 0 radical (unpaired) electrons. The van der Waals surface area contributed by atoms with Crippen molar-refractivity contribution in [3.05, 3.63) is 82.5 Å². The zero-order valence-electron chi connectivity index (χ0n) is 15.0. The van der Waals surface area contributed by atoms with Crippen LogP contribution in [0.2, 0.25) is 0 Å². The van der Waals surface area contributed by atoms with Gasteiger partial charge in [0.25, 0.3) is 5.91 Å². The molecule has 1 amide bonds. The van der Waals surface area contributed by atoms with Gasteiger partial charge >= 0.3 is 0 Å². The molecular weight excluding hydrogens is 380 g/mol. The molecule has 0 aliphatic carbocycles. The molecule has 1 N–H and O–H groups in total. The Balaban J connectivity index is 1.86. The van der Waals surface area contributed by atoms with Crippen LogP contribution in [0.15, 0.2) is 64.4 Å². The molecule has 3 aromatic rings. The number of benzene rings is 1. The van der Waals surface area contributed by atoms with Crippen LogP contribution in [-0.2, 0) is 9.84 Å². The van der Waals surface area contributed by atoms with Gasteiger partial charge < -0.3 is 5.32 Å². The van der Waals surface area contributed by atoms with Crippen LogP contribution in [0.3, 0.4) is 0 Å². The van der Waals surface area contributed by atoms with Gasteiger partial charge in [-0.3, -0.25) is 9.78 Å². The molecule has 140 valence electrons. The van der Waals surface area contributed by atoms with Crippen LogP contribution in [0.1, 0.15) is 32.3 Å². The number of nitrogens with one attached hydrogen (secondary N) is 1. The Bertz CT molecular complexity index is 1030. The number of aryl methyl sites for hydroxylation is 2. The Morgan fingerprint density at radius 3 is 2.59 bits per heavy atom. The van der Waals surface area contributed by atoms with E-state index in [1.165, 1.54) is 17.5 Å². The Hall–Kier alpha value is -2.51. The first-order chi connectivity index (χ1) is 12.9. The zero-order valence-corrected chi connectivity index (χ0v) is 16.7. The average molecular weight is 401 g/mol. The van der Waals surface area contributed by atoms with E-state index in [0.29, 0.717) is 11.1 Å². The number of carbonyl (C=O) groups excluding carboxylic acids is 1. The lowest BCUT2D eigenvalue weighted by molar-refractivity contribution is 0.0953. The Kier molecular flexibility index (Phi) is 5.72. The summed E-state index contributed by atoms with van der Waals surface area (Å²) in [6.07, 6.45) is 3.12. The molecule has 0 bridgehead atoms. The predicted octanol–water partition coefficient (Wildman–Crippen LogP) is 3.70. The highest BCUT2D eigenvalue weighted by atomic mass is 32.2. The number of sulfone groups is 1. The minimum absolute atomic E-state index is 0.0301. The first kappa shape index (κ1) is 19.3. The van der Waals surface area contributed by atoms with E-state index < -0.39 is 15.1 Å². The van der Waals surface area contributed by atoms with Crippen LogP contribution in [0.5, 0.6) is 0 Å². The van der Waals surface area contributed by atoms with Crippen LogP contribution < -0.4 is 5.32 Å². The van der Waals surface area contributed by atoms with Crippen LogP contribution >= 0.6 is 11.3 Å². The summed E-state index contributed by atoms with van der Waals surface area (Å²) in [5, 5.41) is 3.59. The number of pyridine rings is 1. The van der Waals surface area contributed by atoms with Gasteiger partial charge in [-0.15, -0.1) is 11.3 Å². The Morgan fingerprint density at radius 2 is 1.96 bits per heavy atom. The third-order valence-corrected chi connectivity index (χ3v) is 7.96. The highest BCUT2D eigenvalue weighted by molar-refractivity contribution is 7.93. The lowest BCUT2D eigenvalue weighted by Crippen LogP contribution is -2.31. The van der Waals surface area contributed by atoms with Crippen LogP contribution in [0, 0.1) is 13.8 Å². The van der Waals surface area contributed by atoms with Crippen molar-refractivity contribution in [2.24, 2.45) is 0 Å². The normalized spacial score (nSPS) is 12.5. The highest BCUT2D eigenvalue weighted by Crippen LogP contribution is 2.30. The van der Waals surface area contributed by atoms with E-state index in [0.717, 1.165) is 11.1 Å². The molecule has 0 aliphatic rings. The molecule has 0 spiro atoms. The molecule has 5 nitrogen and oxygen atoms in total. The molecule has 1 aromatic carbocycles. The zero-order chi connectivity index (χ0) is 19.4. The SMILES string of the molecule is Cc1ccc(C(=O)NCC(c2cccnc2)S(=O)(=O)c2cccs2)cc1C. The maximum atomic E-state index is 13.1. The second-order valence-electron chi connectivity index (χ2n) is 6.26. The standard InChI is InChI=1S/C20H20N2O3S2/c1-14-7-8-16(11-15(14)2)20(23)22-13-18(17-5-3-9-21-12-17)27(24,25)19-6-4-10-26-19/h3-12,18H,13H2,1-2H3,(H,22,23). The number of rotatable bonds is 6. The summed E-state index contributed by atoms with van der Waals surface area (Å²) in [5.74, 6) is -0.298. The number of carbonyl (C=O) groups is 1. The number of hydrogen-bond acceptors (Lipinski definition) is 5. The maximum Gasteiger partial charge on any atom is 0.251 e. The number of thiophene rings is 1. The van der Waals surface area contributed by atoms with Crippen molar-refractivity contribution in [2.45, 2.75) is 23.3 Å². The van der Waals surface area contributed by atoms with Gasteiger partial charge in [-0.1, -0.05) is 18.2 Å². The van der Waals surface area contributed by atoms with Gasteiger partial charge in [-0.25, -0.2) is 8.42 Å². The topological polar surface area (TPSA) is 76.1 Å². The van der Waals surface area contributed by atoms with E-state index >= 15 is 0 Å². The molecule has 0 saturated carbocycles. The van der Waals surface area contributed by atoms with E-state index in [2.05, 4.69) is 10.3 Å². The van der Waals surface area contributed by atoms with Crippen molar-refractivity contribution in [2.75, 3.05) is 6.54 Å². The summed E-state index contributed by atoms with van der Waals surface area (Å²) in [6, 6.07) is 12.1. The van der Waals surface area contributed by atoms with Gasteiger partial charge in [0.1, 0.15) is 9.46 Å². The number of aromatic nitrogens is 1. The second-order valence-corrected chi connectivity index (χ2v) is 9.57. The van der Waals surface area contributed by atoms with Crippen LogP contribution in [0.25, 0.3) is 0 Å². The minimum Gasteiger partial charge on any atom is -0.350 e. The van der Waals surface area contributed by atoms with Crippen molar-refractivity contribution >= 4 is 27.1 Å². The Labute approximate surface area is 163 Å². The van der Waals surface area contributed by atoms with E-state index in [1.807, 2.05) is 19.9 Å². The van der Waals surface area contributed by atoms with Gasteiger partial charge in [0.05, 0.1) is 0 Å². The maximum absolute atomic E-state index is 13.1. The summed E-state index contributed by atoms with van der Waals surface area (Å²) in [7, 11) is -3.64. The van der Waals surface area contributed by atoms with Gasteiger partial charge in [-0.05, 0) is 60.2 Å². The number of amides is 1. The molecule has 0 aliphatic heterocycles. The molecular formula is C20H20N2O3S2. The quantitative estimate of drug-likeness (QED) is 0.684. The van der Waals surface area contributed by atoms with Gasteiger partial charge in [0.2, 0.25) is 0 Å². The summed E-state index contributed by atoms with van der Waals surface area (Å²) >= 11 is 1.17. The molecule has 27 heavy (non-hydrogen) atoms. The van der Waals surface area contributed by atoms with Crippen molar-refractivity contribution < 1.29 is 13.2 Å². The number of hydrogen-bond donors (Lipinski definition) is 1. The van der Waals surface area contributed by atoms with Gasteiger partial charge in [0.15, 0.2) is 9.84 Å².